The molecular formula is C18H17BrN2O5. The number of carbonyl (C=O) groups excluding carboxylic acids is 3. The summed E-state index contributed by atoms with van der Waals surface area (Å²) in [6.07, 6.45) is 0. The maximum atomic E-state index is 11.9. The van der Waals surface area contributed by atoms with Gasteiger partial charge in [-0.3, -0.25) is 20.4 Å². The lowest BCUT2D eigenvalue weighted by molar-refractivity contribution is -0.123. The SMILES string of the molecule is CCOC(=O)c1ccc(OCC(=O)NNC(=O)c2ccc(Br)cc2)cc1. The number of halogens is 1. The molecule has 2 aromatic rings. The van der Waals surface area contributed by atoms with Crippen LogP contribution in [0.2, 0.25) is 0 Å². The Morgan fingerprint density at radius 1 is 0.923 bits per heavy atom. The summed E-state index contributed by atoms with van der Waals surface area (Å²) in [5, 5.41) is 0. The van der Waals surface area contributed by atoms with Crippen LogP contribution in [0, 0.1) is 0 Å². The van der Waals surface area contributed by atoms with Crippen molar-refractivity contribution in [3.05, 3.63) is 64.1 Å². The molecule has 8 heteroatoms. The molecule has 0 spiro atoms. The summed E-state index contributed by atoms with van der Waals surface area (Å²) in [7, 11) is 0. The number of esters is 1. The molecule has 2 amide bonds. The molecule has 0 fully saturated rings. The summed E-state index contributed by atoms with van der Waals surface area (Å²) in [5.74, 6) is -0.977. The second-order valence-electron chi connectivity index (χ2n) is 5.04. The van der Waals surface area contributed by atoms with Gasteiger partial charge in [0, 0.05) is 10.0 Å². The van der Waals surface area contributed by atoms with Crippen LogP contribution in [0.5, 0.6) is 5.75 Å². The van der Waals surface area contributed by atoms with Crippen molar-refractivity contribution in [2.45, 2.75) is 6.92 Å². The molecular weight excluding hydrogens is 404 g/mol. The first kappa shape index (κ1) is 19.5. The smallest absolute Gasteiger partial charge is 0.338 e. The lowest BCUT2D eigenvalue weighted by atomic mass is 10.2. The van der Waals surface area contributed by atoms with Gasteiger partial charge in [0.1, 0.15) is 5.75 Å². The molecule has 0 saturated carbocycles. The highest BCUT2D eigenvalue weighted by molar-refractivity contribution is 9.10. The molecule has 0 heterocycles. The summed E-state index contributed by atoms with van der Waals surface area (Å²) >= 11 is 3.28. The van der Waals surface area contributed by atoms with E-state index in [1.165, 1.54) is 0 Å². The first-order valence-corrected chi connectivity index (χ1v) is 8.53. The standard InChI is InChI=1S/C18H17BrN2O5/c1-2-25-18(24)13-5-9-15(10-6-13)26-11-16(22)20-21-17(23)12-3-7-14(19)8-4-12/h3-10H,2,11H2,1H3,(H,20,22)(H,21,23). The molecule has 0 saturated heterocycles. The molecule has 0 unspecified atom stereocenters. The monoisotopic (exact) mass is 420 g/mol. The molecule has 2 aromatic carbocycles. The zero-order valence-electron chi connectivity index (χ0n) is 14.0. The van der Waals surface area contributed by atoms with Gasteiger partial charge in [0.25, 0.3) is 11.8 Å². The summed E-state index contributed by atoms with van der Waals surface area (Å²) in [6, 6.07) is 12.9. The molecule has 2 rings (SSSR count). The van der Waals surface area contributed by atoms with Crippen LogP contribution in [0.1, 0.15) is 27.6 Å². The second kappa shape index (κ2) is 9.57. The van der Waals surface area contributed by atoms with Crippen molar-refractivity contribution in [1.82, 2.24) is 10.9 Å². The van der Waals surface area contributed by atoms with E-state index >= 15 is 0 Å². The van der Waals surface area contributed by atoms with Crippen molar-refractivity contribution in [1.29, 1.82) is 0 Å². The Bertz CT molecular complexity index is 775. The Hall–Kier alpha value is -2.87. The predicted molar refractivity (Wildman–Crippen MR) is 97.6 cm³/mol. The van der Waals surface area contributed by atoms with Crippen LogP contribution in [0.25, 0.3) is 0 Å². The number of rotatable bonds is 6. The van der Waals surface area contributed by atoms with Gasteiger partial charge < -0.3 is 9.47 Å². The first-order chi connectivity index (χ1) is 12.5. The predicted octanol–water partition coefficient (Wildman–Crippen LogP) is 2.47. The molecule has 0 radical (unpaired) electrons. The Labute approximate surface area is 158 Å². The van der Waals surface area contributed by atoms with Gasteiger partial charge in [-0.2, -0.15) is 0 Å². The quantitative estimate of drug-likeness (QED) is 0.552. The fourth-order valence-electron chi connectivity index (χ4n) is 1.89. The summed E-state index contributed by atoms with van der Waals surface area (Å²) in [6.45, 7) is 1.73. The highest BCUT2D eigenvalue weighted by Crippen LogP contribution is 2.13. The van der Waals surface area contributed by atoms with Crippen molar-refractivity contribution >= 4 is 33.7 Å². The van der Waals surface area contributed by atoms with E-state index in [4.69, 9.17) is 9.47 Å². The van der Waals surface area contributed by atoms with Gasteiger partial charge in [0.15, 0.2) is 6.61 Å². The maximum Gasteiger partial charge on any atom is 0.338 e. The van der Waals surface area contributed by atoms with Gasteiger partial charge in [-0.05, 0) is 55.5 Å². The number of carbonyl (C=O) groups is 3. The van der Waals surface area contributed by atoms with Crippen molar-refractivity contribution in [2.75, 3.05) is 13.2 Å². The average Bonchev–Trinajstić information content (AvgIpc) is 2.65. The zero-order chi connectivity index (χ0) is 18.9. The van der Waals surface area contributed by atoms with Crippen LogP contribution in [-0.2, 0) is 9.53 Å². The summed E-state index contributed by atoms with van der Waals surface area (Å²) in [5.41, 5.74) is 5.36. The molecule has 26 heavy (non-hydrogen) atoms. The number of nitrogens with one attached hydrogen (secondary N) is 2. The van der Waals surface area contributed by atoms with Crippen LogP contribution in [0.4, 0.5) is 0 Å². The highest BCUT2D eigenvalue weighted by atomic mass is 79.9. The molecule has 0 bridgehead atoms. The Morgan fingerprint density at radius 2 is 1.54 bits per heavy atom. The third kappa shape index (κ3) is 5.89. The molecule has 0 aromatic heterocycles. The van der Waals surface area contributed by atoms with E-state index in [2.05, 4.69) is 26.8 Å². The lowest BCUT2D eigenvalue weighted by Gasteiger charge is -2.09. The molecule has 0 aliphatic heterocycles. The van der Waals surface area contributed by atoms with Crippen LogP contribution in [-0.4, -0.2) is 31.0 Å². The van der Waals surface area contributed by atoms with E-state index < -0.39 is 17.8 Å². The fourth-order valence-corrected chi connectivity index (χ4v) is 2.15. The minimum absolute atomic E-state index is 0.292. The van der Waals surface area contributed by atoms with Gasteiger partial charge in [0.05, 0.1) is 12.2 Å². The van der Waals surface area contributed by atoms with E-state index in [-0.39, 0.29) is 6.61 Å². The lowest BCUT2D eigenvalue weighted by Crippen LogP contribution is -2.43. The summed E-state index contributed by atoms with van der Waals surface area (Å²) in [4.78, 5) is 35.1. The highest BCUT2D eigenvalue weighted by Gasteiger charge is 2.09. The average molecular weight is 421 g/mol. The fraction of sp³-hybridized carbons (Fsp3) is 0.167. The van der Waals surface area contributed by atoms with Crippen LogP contribution >= 0.6 is 15.9 Å². The number of hydrogen-bond donors (Lipinski definition) is 2. The van der Waals surface area contributed by atoms with Crippen molar-refractivity contribution in [2.24, 2.45) is 0 Å². The number of hydrazine groups is 1. The number of amides is 2. The van der Waals surface area contributed by atoms with Crippen molar-refractivity contribution < 1.29 is 23.9 Å². The summed E-state index contributed by atoms with van der Waals surface area (Å²) < 4.78 is 11.0. The second-order valence-corrected chi connectivity index (χ2v) is 5.96. The normalized spacial score (nSPS) is 9.92. The van der Waals surface area contributed by atoms with Gasteiger partial charge in [-0.1, -0.05) is 15.9 Å². The van der Waals surface area contributed by atoms with E-state index in [0.29, 0.717) is 23.5 Å². The Balaban J connectivity index is 1.77. The molecule has 136 valence electrons. The minimum atomic E-state index is -0.523. The van der Waals surface area contributed by atoms with Gasteiger partial charge in [0.2, 0.25) is 0 Å². The third-order valence-corrected chi connectivity index (χ3v) is 3.69. The Kier molecular flexibility index (Phi) is 7.16. The molecule has 0 aliphatic rings. The third-order valence-electron chi connectivity index (χ3n) is 3.16. The van der Waals surface area contributed by atoms with Gasteiger partial charge in [-0.15, -0.1) is 0 Å². The van der Waals surface area contributed by atoms with E-state index in [0.717, 1.165) is 4.47 Å². The van der Waals surface area contributed by atoms with E-state index in [1.807, 2.05) is 0 Å². The van der Waals surface area contributed by atoms with Gasteiger partial charge in [-0.25, -0.2) is 4.79 Å². The zero-order valence-corrected chi connectivity index (χ0v) is 15.5. The van der Waals surface area contributed by atoms with Gasteiger partial charge >= 0.3 is 5.97 Å². The first-order valence-electron chi connectivity index (χ1n) is 7.74. The topological polar surface area (TPSA) is 93.7 Å². The largest absolute Gasteiger partial charge is 0.484 e. The Morgan fingerprint density at radius 3 is 2.15 bits per heavy atom. The number of hydrogen-bond acceptors (Lipinski definition) is 5. The van der Waals surface area contributed by atoms with Crippen LogP contribution in [0.15, 0.2) is 53.0 Å². The molecule has 2 N–H and O–H groups in total. The minimum Gasteiger partial charge on any atom is -0.484 e. The van der Waals surface area contributed by atoms with Crippen molar-refractivity contribution in [3.8, 4) is 5.75 Å². The van der Waals surface area contributed by atoms with Crippen LogP contribution in [0.3, 0.4) is 0 Å². The van der Waals surface area contributed by atoms with Crippen LogP contribution < -0.4 is 15.6 Å². The molecule has 7 nitrogen and oxygen atoms in total. The maximum absolute atomic E-state index is 11.9. The number of benzene rings is 2. The van der Waals surface area contributed by atoms with E-state index in [9.17, 15) is 14.4 Å². The molecule has 0 aliphatic carbocycles. The van der Waals surface area contributed by atoms with E-state index in [1.54, 1.807) is 55.5 Å². The number of ether oxygens (including phenoxy) is 2. The van der Waals surface area contributed by atoms with Crippen molar-refractivity contribution in [3.63, 3.8) is 0 Å². The molecule has 0 atom stereocenters.